The summed E-state index contributed by atoms with van der Waals surface area (Å²) >= 11 is 6.24. The molecule has 8 heteroatoms. The summed E-state index contributed by atoms with van der Waals surface area (Å²) in [7, 11) is -4.01. The third kappa shape index (κ3) is 5.61. The molecule has 1 amide bonds. The average molecular weight is 484 g/mol. The molecule has 3 aromatic rings. The van der Waals surface area contributed by atoms with Crippen molar-refractivity contribution in [1.29, 1.82) is 0 Å². The number of nitrogens with one attached hydrogen (secondary N) is 1. The zero-order valence-corrected chi connectivity index (χ0v) is 20.5. The Hall–Kier alpha value is -3.16. The van der Waals surface area contributed by atoms with Gasteiger partial charge in [-0.3, -0.25) is 9.10 Å². The first-order valence-corrected chi connectivity index (χ1v) is 12.2. The molecule has 33 heavy (non-hydrogen) atoms. The highest BCUT2D eigenvalue weighted by atomic mass is 35.5. The number of aryl methyl sites for hydroxylation is 2. The second-order valence-corrected chi connectivity index (χ2v) is 10.0. The zero-order valence-electron chi connectivity index (χ0n) is 19.0. The summed E-state index contributed by atoms with van der Waals surface area (Å²) in [5.74, 6) is -0.580. The van der Waals surface area contributed by atoms with Crippen LogP contribution in [-0.4, -0.2) is 27.1 Å². The maximum atomic E-state index is 13.3. The molecule has 6 nitrogen and oxygen atoms in total. The van der Waals surface area contributed by atoms with Crippen LogP contribution >= 0.6 is 11.6 Å². The summed E-state index contributed by atoms with van der Waals surface area (Å²) < 4.78 is 27.7. The molecule has 0 fully saturated rings. The second-order valence-electron chi connectivity index (χ2n) is 7.77. The topological polar surface area (TPSA) is 78.8 Å². The first kappa shape index (κ1) is 24.5. The Morgan fingerprint density at radius 2 is 1.64 bits per heavy atom. The third-order valence-electron chi connectivity index (χ3n) is 5.55. The number of hydrogen-bond donors (Lipinski definition) is 1. The molecule has 3 aromatic carbocycles. The number of hydrazone groups is 1. The van der Waals surface area contributed by atoms with E-state index in [1.54, 1.807) is 36.5 Å². The largest absolute Gasteiger partial charge is 0.271 e. The number of carbonyl (C=O) groups excluding carboxylic acids is 1. The second kappa shape index (κ2) is 10.2. The fraction of sp³-hybridized carbons (Fsp3) is 0.200. The highest BCUT2D eigenvalue weighted by Crippen LogP contribution is 2.28. The number of hydrogen-bond acceptors (Lipinski definition) is 4. The lowest BCUT2D eigenvalue weighted by Crippen LogP contribution is -2.39. The van der Waals surface area contributed by atoms with Crippen LogP contribution in [0.5, 0.6) is 0 Å². The fourth-order valence-electron chi connectivity index (χ4n) is 3.23. The van der Waals surface area contributed by atoms with E-state index in [9.17, 15) is 13.2 Å². The Balaban J connectivity index is 1.86. The van der Waals surface area contributed by atoms with Crippen molar-refractivity contribution in [1.82, 2.24) is 5.43 Å². The van der Waals surface area contributed by atoms with E-state index in [1.165, 1.54) is 23.8 Å². The normalized spacial score (nSPS) is 11.5. The maximum Gasteiger partial charge on any atom is 0.264 e. The number of amides is 1. The molecular weight excluding hydrogens is 458 g/mol. The zero-order chi connectivity index (χ0) is 24.2. The van der Waals surface area contributed by atoms with Gasteiger partial charge in [-0.25, -0.2) is 13.8 Å². The number of rotatable bonds is 7. The van der Waals surface area contributed by atoms with Crippen molar-refractivity contribution in [3.63, 3.8) is 0 Å². The van der Waals surface area contributed by atoms with Gasteiger partial charge in [0.05, 0.1) is 16.8 Å². The summed E-state index contributed by atoms with van der Waals surface area (Å²) in [5, 5.41) is 4.44. The van der Waals surface area contributed by atoms with Gasteiger partial charge in [-0.2, -0.15) is 5.10 Å². The number of anilines is 1. The Kier molecular flexibility index (Phi) is 7.56. The van der Waals surface area contributed by atoms with Crippen LogP contribution in [0.4, 0.5) is 5.69 Å². The molecule has 0 aromatic heterocycles. The molecule has 0 aliphatic heterocycles. The molecule has 0 atom stereocenters. The van der Waals surface area contributed by atoms with Gasteiger partial charge in [0.2, 0.25) is 0 Å². The van der Waals surface area contributed by atoms with Crippen molar-refractivity contribution in [3.05, 3.63) is 93.5 Å². The van der Waals surface area contributed by atoms with Gasteiger partial charge >= 0.3 is 0 Å². The summed E-state index contributed by atoms with van der Waals surface area (Å²) in [5.41, 5.74) is 7.79. The van der Waals surface area contributed by atoms with Crippen molar-refractivity contribution < 1.29 is 13.2 Å². The molecule has 0 unspecified atom stereocenters. The molecule has 0 heterocycles. The molecular formula is C25H26ClN3O3S. The third-order valence-corrected chi connectivity index (χ3v) is 7.75. The average Bonchev–Trinajstić information content (AvgIpc) is 2.80. The van der Waals surface area contributed by atoms with E-state index < -0.39 is 22.5 Å². The van der Waals surface area contributed by atoms with Crippen molar-refractivity contribution in [2.24, 2.45) is 5.10 Å². The Morgan fingerprint density at radius 1 is 0.970 bits per heavy atom. The molecule has 0 radical (unpaired) electrons. The number of nitrogens with zero attached hydrogens (tertiary/aromatic N) is 2. The predicted octanol–water partition coefficient (Wildman–Crippen LogP) is 4.92. The standard InChI is InChI=1S/C25H26ClN3O3S/c1-17-10-12-21(20(4)19(17)3)15-27-28-25(30)16-29(22-13-11-18(2)24(26)14-22)33(31,32)23-8-6-5-7-9-23/h5-15H,16H2,1-4H3,(H,28,30)/b27-15-. The summed E-state index contributed by atoms with van der Waals surface area (Å²) in [6, 6.07) is 16.7. The summed E-state index contributed by atoms with van der Waals surface area (Å²) in [6.45, 7) is 7.41. The minimum Gasteiger partial charge on any atom is -0.271 e. The molecule has 0 bridgehead atoms. The Labute approximate surface area is 200 Å². The molecule has 0 aliphatic rings. The quantitative estimate of drug-likeness (QED) is 0.382. The van der Waals surface area contributed by atoms with Gasteiger partial charge in [-0.1, -0.05) is 48.0 Å². The van der Waals surface area contributed by atoms with Crippen LogP contribution in [0.3, 0.4) is 0 Å². The Morgan fingerprint density at radius 3 is 2.30 bits per heavy atom. The lowest BCUT2D eigenvalue weighted by molar-refractivity contribution is -0.119. The predicted molar refractivity (Wildman–Crippen MR) is 134 cm³/mol. The van der Waals surface area contributed by atoms with E-state index in [0.29, 0.717) is 10.7 Å². The Bertz CT molecular complexity index is 1310. The SMILES string of the molecule is Cc1ccc(N(CC(=O)N/N=C\c2ccc(C)c(C)c2C)S(=O)(=O)c2ccccc2)cc1Cl. The van der Waals surface area contributed by atoms with Crippen molar-refractivity contribution in [3.8, 4) is 0 Å². The molecule has 172 valence electrons. The van der Waals surface area contributed by atoms with E-state index in [0.717, 1.165) is 26.6 Å². The van der Waals surface area contributed by atoms with Gasteiger partial charge in [0, 0.05) is 5.02 Å². The highest BCUT2D eigenvalue weighted by Gasteiger charge is 2.27. The van der Waals surface area contributed by atoms with Crippen molar-refractivity contribution >= 4 is 39.4 Å². The van der Waals surface area contributed by atoms with Gasteiger partial charge in [0.1, 0.15) is 6.54 Å². The first-order chi connectivity index (χ1) is 15.6. The number of benzene rings is 3. The fourth-order valence-corrected chi connectivity index (χ4v) is 4.84. The minimum absolute atomic E-state index is 0.0729. The molecule has 3 rings (SSSR count). The molecule has 0 saturated carbocycles. The molecule has 0 spiro atoms. The number of carbonyl (C=O) groups is 1. The van der Waals surface area contributed by atoms with Gasteiger partial charge in [-0.15, -0.1) is 0 Å². The van der Waals surface area contributed by atoms with Gasteiger partial charge in [0.15, 0.2) is 0 Å². The smallest absolute Gasteiger partial charge is 0.264 e. The van der Waals surface area contributed by atoms with E-state index in [1.807, 2.05) is 39.8 Å². The lowest BCUT2D eigenvalue weighted by atomic mass is 10.00. The summed E-state index contributed by atoms with van der Waals surface area (Å²) in [6.07, 6.45) is 1.55. The van der Waals surface area contributed by atoms with Crippen LogP contribution in [0, 0.1) is 27.7 Å². The number of halogens is 1. The van der Waals surface area contributed by atoms with E-state index >= 15 is 0 Å². The lowest BCUT2D eigenvalue weighted by Gasteiger charge is -2.24. The molecule has 0 aliphatic carbocycles. The first-order valence-electron chi connectivity index (χ1n) is 10.3. The minimum atomic E-state index is -4.01. The van der Waals surface area contributed by atoms with Crippen LogP contribution in [0.15, 0.2) is 70.7 Å². The van der Waals surface area contributed by atoms with E-state index in [4.69, 9.17) is 11.6 Å². The van der Waals surface area contributed by atoms with Gasteiger partial charge in [-0.05, 0) is 79.8 Å². The van der Waals surface area contributed by atoms with Crippen LogP contribution < -0.4 is 9.73 Å². The van der Waals surface area contributed by atoms with Crippen LogP contribution in [-0.2, 0) is 14.8 Å². The monoisotopic (exact) mass is 483 g/mol. The molecule has 0 saturated heterocycles. The molecule has 1 N–H and O–H groups in total. The van der Waals surface area contributed by atoms with Crippen LogP contribution in [0.2, 0.25) is 5.02 Å². The summed E-state index contributed by atoms with van der Waals surface area (Å²) in [4.78, 5) is 12.8. The van der Waals surface area contributed by atoms with Crippen LogP contribution in [0.25, 0.3) is 0 Å². The van der Waals surface area contributed by atoms with Gasteiger partial charge < -0.3 is 0 Å². The van der Waals surface area contributed by atoms with E-state index in [2.05, 4.69) is 10.5 Å². The van der Waals surface area contributed by atoms with Crippen molar-refractivity contribution in [2.45, 2.75) is 32.6 Å². The van der Waals surface area contributed by atoms with Gasteiger partial charge in [0.25, 0.3) is 15.9 Å². The van der Waals surface area contributed by atoms with Crippen LogP contribution in [0.1, 0.15) is 27.8 Å². The van der Waals surface area contributed by atoms with E-state index in [-0.39, 0.29) is 4.90 Å². The number of sulfonamides is 1. The van der Waals surface area contributed by atoms with Crippen molar-refractivity contribution in [2.75, 3.05) is 10.8 Å². The highest BCUT2D eigenvalue weighted by molar-refractivity contribution is 7.92. The maximum absolute atomic E-state index is 13.3.